The number of carbonyl (C=O) groups excluding carboxylic acids is 2. The summed E-state index contributed by atoms with van der Waals surface area (Å²) in [5.41, 5.74) is 0.257. The van der Waals surface area contributed by atoms with Crippen molar-refractivity contribution in [2.45, 2.75) is 90.8 Å². The molecule has 0 aromatic heterocycles. The molecule has 4 rings (SSSR count). The van der Waals surface area contributed by atoms with Gasteiger partial charge in [-0.25, -0.2) is 0 Å². The van der Waals surface area contributed by atoms with Gasteiger partial charge in [0.2, 0.25) is 0 Å². The number of hydrogen-bond acceptors (Lipinski definition) is 5. The molecule has 0 spiro atoms. The van der Waals surface area contributed by atoms with E-state index in [2.05, 4.69) is 13.8 Å². The normalized spacial score (nSPS) is 48.9. The number of ether oxygens (including phenoxy) is 1. The molecule has 0 heterocycles. The molecule has 0 radical (unpaired) electrons. The predicted molar refractivity (Wildman–Crippen MR) is 109 cm³/mol. The maximum absolute atomic E-state index is 12.0. The molecule has 0 saturated heterocycles. The van der Waals surface area contributed by atoms with Gasteiger partial charge in [-0.1, -0.05) is 13.8 Å². The van der Waals surface area contributed by atoms with Gasteiger partial charge in [0.15, 0.2) is 5.78 Å². The standard InChI is InChI=1S/C24H38O5/c1-14(26)29-22-12-18-19-5-4-15(10-17(28)13-25)23(19,2)9-7-20(18)24(3)8-6-16(27)11-21(22)24/h15-16,18-22,25,27H,4-13H2,1-3H3/t15-,16-,18+,19+,20+,21-,22+,23-,24-/m1/s1. The highest BCUT2D eigenvalue weighted by atomic mass is 16.5. The molecule has 4 saturated carbocycles. The average Bonchev–Trinajstić information content (AvgIpc) is 2.99. The SMILES string of the molecule is CC(=O)O[C@H]1C[C@@H]2[C@H](CC[C@]3(C)[C@@H](CC(=O)CO)CC[C@@H]23)[C@@]2(C)CC[C@@H](O)C[C@H]12. The zero-order chi connectivity index (χ0) is 21.0. The molecule has 0 unspecified atom stereocenters. The van der Waals surface area contributed by atoms with E-state index in [-0.39, 0.29) is 47.3 Å². The Morgan fingerprint density at radius 1 is 0.966 bits per heavy atom. The van der Waals surface area contributed by atoms with Crippen LogP contribution >= 0.6 is 0 Å². The quantitative estimate of drug-likeness (QED) is 0.698. The first-order valence-corrected chi connectivity index (χ1v) is 11.7. The van der Waals surface area contributed by atoms with Gasteiger partial charge in [-0.2, -0.15) is 0 Å². The fourth-order valence-corrected chi connectivity index (χ4v) is 8.37. The summed E-state index contributed by atoms with van der Waals surface area (Å²) in [6.07, 6.45) is 8.12. The lowest BCUT2D eigenvalue weighted by Crippen LogP contribution is -2.59. The molecular formula is C24H38O5. The maximum atomic E-state index is 12.0. The minimum atomic E-state index is -0.347. The van der Waals surface area contributed by atoms with E-state index in [1.807, 2.05) is 0 Å². The number of rotatable bonds is 4. The van der Waals surface area contributed by atoms with E-state index in [0.29, 0.717) is 30.1 Å². The molecule has 2 N–H and O–H groups in total. The van der Waals surface area contributed by atoms with Gasteiger partial charge in [0, 0.05) is 19.3 Å². The van der Waals surface area contributed by atoms with Crippen molar-refractivity contribution < 1.29 is 24.5 Å². The van der Waals surface area contributed by atoms with Gasteiger partial charge in [-0.3, -0.25) is 9.59 Å². The third-order valence-corrected chi connectivity index (χ3v) is 9.79. The Labute approximate surface area is 174 Å². The van der Waals surface area contributed by atoms with Crippen molar-refractivity contribution in [3.63, 3.8) is 0 Å². The summed E-state index contributed by atoms with van der Waals surface area (Å²) >= 11 is 0. The number of esters is 1. The van der Waals surface area contributed by atoms with Gasteiger partial charge in [0.05, 0.1) is 6.10 Å². The van der Waals surface area contributed by atoms with Crippen molar-refractivity contribution in [2.24, 2.45) is 40.4 Å². The summed E-state index contributed by atoms with van der Waals surface area (Å²) < 4.78 is 5.88. The molecule has 164 valence electrons. The second kappa shape index (κ2) is 7.64. The van der Waals surface area contributed by atoms with Crippen LogP contribution in [0.15, 0.2) is 0 Å². The largest absolute Gasteiger partial charge is 0.462 e. The van der Waals surface area contributed by atoms with Gasteiger partial charge in [0.25, 0.3) is 0 Å². The van der Waals surface area contributed by atoms with E-state index in [4.69, 9.17) is 4.74 Å². The van der Waals surface area contributed by atoms with Gasteiger partial charge < -0.3 is 14.9 Å². The van der Waals surface area contributed by atoms with Crippen molar-refractivity contribution in [2.75, 3.05) is 6.61 Å². The molecule has 0 amide bonds. The Balaban J connectivity index is 1.62. The number of fused-ring (bicyclic) bond motifs is 5. The number of ketones is 1. The zero-order valence-corrected chi connectivity index (χ0v) is 18.2. The van der Waals surface area contributed by atoms with Gasteiger partial charge in [-0.05, 0) is 85.9 Å². The first-order chi connectivity index (χ1) is 13.7. The number of aliphatic hydroxyl groups excluding tert-OH is 2. The van der Waals surface area contributed by atoms with Crippen molar-refractivity contribution in [3.8, 4) is 0 Å². The molecule has 4 fully saturated rings. The second-order valence-corrected chi connectivity index (χ2v) is 11.0. The van der Waals surface area contributed by atoms with Crippen molar-refractivity contribution in [1.29, 1.82) is 0 Å². The fraction of sp³-hybridized carbons (Fsp3) is 0.917. The zero-order valence-electron chi connectivity index (χ0n) is 18.2. The summed E-state index contributed by atoms with van der Waals surface area (Å²) in [5, 5.41) is 19.6. The van der Waals surface area contributed by atoms with Crippen LogP contribution in [0.25, 0.3) is 0 Å². The van der Waals surface area contributed by atoms with E-state index in [1.165, 1.54) is 6.92 Å². The average molecular weight is 407 g/mol. The molecule has 0 aromatic rings. The highest BCUT2D eigenvalue weighted by molar-refractivity contribution is 5.79. The van der Waals surface area contributed by atoms with E-state index >= 15 is 0 Å². The molecular weight excluding hydrogens is 368 g/mol. The molecule has 4 aliphatic rings. The smallest absolute Gasteiger partial charge is 0.302 e. The molecule has 29 heavy (non-hydrogen) atoms. The van der Waals surface area contributed by atoms with Crippen LogP contribution in [0.4, 0.5) is 0 Å². The van der Waals surface area contributed by atoms with Crippen LogP contribution in [0.1, 0.15) is 78.6 Å². The summed E-state index contributed by atoms with van der Waals surface area (Å²) in [7, 11) is 0. The number of aliphatic hydroxyl groups is 2. The van der Waals surface area contributed by atoms with Crippen LogP contribution in [0, 0.1) is 40.4 Å². The summed E-state index contributed by atoms with van der Waals surface area (Å²) in [6, 6.07) is 0. The Morgan fingerprint density at radius 3 is 2.34 bits per heavy atom. The second-order valence-electron chi connectivity index (χ2n) is 11.0. The Kier molecular flexibility index (Phi) is 5.61. The lowest BCUT2D eigenvalue weighted by Gasteiger charge is -2.62. The minimum Gasteiger partial charge on any atom is -0.462 e. The number of hydrogen-bond donors (Lipinski definition) is 2. The summed E-state index contributed by atoms with van der Waals surface area (Å²) in [6.45, 7) is 5.91. The first kappa shape index (κ1) is 21.3. The topological polar surface area (TPSA) is 83.8 Å². The third-order valence-electron chi connectivity index (χ3n) is 9.79. The van der Waals surface area contributed by atoms with Crippen LogP contribution in [0.5, 0.6) is 0 Å². The number of carbonyl (C=O) groups is 2. The molecule has 4 aliphatic carbocycles. The summed E-state index contributed by atoms with van der Waals surface area (Å²) in [4.78, 5) is 23.9. The Morgan fingerprint density at radius 2 is 1.66 bits per heavy atom. The minimum absolute atomic E-state index is 0.0336. The maximum Gasteiger partial charge on any atom is 0.302 e. The Hall–Kier alpha value is -0.940. The third kappa shape index (κ3) is 3.46. The van der Waals surface area contributed by atoms with Crippen molar-refractivity contribution in [3.05, 3.63) is 0 Å². The molecule has 5 heteroatoms. The lowest BCUT2D eigenvalue weighted by molar-refractivity contribution is -0.192. The highest BCUT2D eigenvalue weighted by Crippen LogP contribution is 2.68. The van der Waals surface area contributed by atoms with Crippen LogP contribution in [-0.4, -0.2) is 40.8 Å². The fourth-order valence-electron chi connectivity index (χ4n) is 8.37. The molecule has 5 nitrogen and oxygen atoms in total. The molecule has 0 aliphatic heterocycles. The summed E-state index contributed by atoms with van der Waals surface area (Å²) in [5.74, 6) is 2.04. The van der Waals surface area contributed by atoms with Crippen LogP contribution in [0.2, 0.25) is 0 Å². The monoisotopic (exact) mass is 406 g/mol. The van der Waals surface area contributed by atoms with Crippen molar-refractivity contribution >= 4 is 11.8 Å². The Bertz CT molecular complexity index is 662. The highest BCUT2D eigenvalue weighted by Gasteiger charge is 2.62. The molecule has 0 aromatic carbocycles. The molecule has 0 bridgehead atoms. The first-order valence-electron chi connectivity index (χ1n) is 11.7. The van der Waals surface area contributed by atoms with E-state index in [0.717, 1.165) is 51.4 Å². The predicted octanol–water partition coefficient (Wildman–Crippen LogP) is 3.50. The van der Waals surface area contributed by atoms with Gasteiger partial charge >= 0.3 is 5.97 Å². The van der Waals surface area contributed by atoms with Crippen molar-refractivity contribution in [1.82, 2.24) is 0 Å². The molecule has 9 atom stereocenters. The van der Waals surface area contributed by atoms with E-state index < -0.39 is 0 Å². The lowest BCUT2D eigenvalue weighted by atomic mass is 9.44. The van der Waals surface area contributed by atoms with E-state index in [1.54, 1.807) is 0 Å². The van der Waals surface area contributed by atoms with Crippen LogP contribution < -0.4 is 0 Å². The van der Waals surface area contributed by atoms with Crippen LogP contribution in [0.3, 0.4) is 0 Å². The van der Waals surface area contributed by atoms with Gasteiger partial charge in [-0.15, -0.1) is 0 Å². The van der Waals surface area contributed by atoms with E-state index in [9.17, 15) is 19.8 Å². The van der Waals surface area contributed by atoms with Crippen LogP contribution in [-0.2, 0) is 14.3 Å². The number of Topliss-reactive ketones (excluding diaryl/α,β-unsaturated/α-hetero) is 1. The van der Waals surface area contributed by atoms with Gasteiger partial charge in [0.1, 0.15) is 12.7 Å².